The Hall–Kier alpha value is -1.59. The van der Waals surface area contributed by atoms with Crippen LogP contribution in [0, 0.1) is 13.8 Å². The van der Waals surface area contributed by atoms with E-state index < -0.39 is 0 Å². The Morgan fingerprint density at radius 2 is 2.30 bits per heavy atom. The van der Waals surface area contributed by atoms with E-state index in [0.29, 0.717) is 0 Å². The molecule has 0 aliphatic heterocycles. The highest BCUT2D eigenvalue weighted by Gasteiger charge is 2.42. The third-order valence-electron chi connectivity index (χ3n) is 4.14. The zero-order valence-electron chi connectivity index (χ0n) is 12.1. The molecule has 5 nitrogen and oxygen atoms in total. The molecule has 0 radical (unpaired) electrons. The molecule has 0 spiro atoms. The van der Waals surface area contributed by atoms with E-state index >= 15 is 0 Å². The minimum atomic E-state index is -0.327. The SMILES string of the molecule is Cc1cc(C(C)N[C@H]2C[C@@H](O)[C@@H]2n2cccn2)c(C)o1. The van der Waals surface area contributed by atoms with Crippen LogP contribution >= 0.6 is 0 Å². The number of aliphatic hydroxyl groups excluding tert-OH is 1. The lowest BCUT2D eigenvalue weighted by Gasteiger charge is -2.43. The first-order valence-corrected chi connectivity index (χ1v) is 7.06. The molecule has 2 N–H and O–H groups in total. The van der Waals surface area contributed by atoms with Crippen molar-refractivity contribution in [1.82, 2.24) is 15.1 Å². The number of aromatic nitrogens is 2. The van der Waals surface area contributed by atoms with Gasteiger partial charge in [0.25, 0.3) is 0 Å². The number of furan rings is 1. The quantitative estimate of drug-likeness (QED) is 0.897. The molecule has 0 saturated heterocycles. The predicted octanol–water partition coefficient (Wildman–Crippen LogP) is 2.12. The molecule has 3 rings (SSSR count). The summed E-state index contributed by atoms with van der Waals surface area (Å²) in [6.07, 6.45) is 4.08. The van der Waals surface area contributed by atoms with Gasteiger partial charge in [0.1, 0.15) is 11.5 Å². The standard InChI is InChI=1S/C15H21N3O2/c1-9-7-12(11(3)20-9)10(2)17-13-8-14(19)15(13)18-6-4-5-16-18/h4-7,10,13-15,17,19H,8H2,1-3H3/t10?,13-,14+,15+/m0/s1. The molecule has 0 bridgehead atoms. The van der Waals surface area contributed by atoms with Crippen LogP contribution in [0.5, 0.6) is 0 Å². The molecule has 0 aromatic carbocycles. The lowest BCUT2D eigenvalue weighted by Crippen LogP contribution is -2.55. The van der Waals surface area contributed by atoms with Crippen LogP contribution in [-0.4, -0.2) is 27.0 Å². The Morgan fingerprint density at radius 1 is 1.50 bits per heavy atom. The molecule has 4 atom stereocenters. The molecule has 2 aromatic rings. The minimum Gasteiger partial charge on any atom is -0.466 e. The molecule has 1 fully saturated rings. The second-order valence-corrected chi connectivity index (χ2v) is 5.64. The highest BCUT2D eigenvalue weighted by Crippen LogP contribution is 2.34. The predicted molar refractivity (Wildman–Crippen MR) is 75.4 cm³/mol. The van der Waals surface area contributed by atoms with Gasteiger partial charge in [0.05, 0.1) is 12.1 Å². The molecule has 1 saturated carbocycles. The first-order chi connectivity index (χ1) is 9.56. The van der Waals surface area contributed by atoms with Gasteiger partial charge in [-0.05, 0) is 39.3 Å². The van der Waals surface area contributed by atoms with E-state index in [1.165, 1.54) is 5.56 Å². The van der Waals surface area contributed by atoms with Gasteiger partial charge in [-0.3, -0.25) is 4.68 Å². The van der Waals surface area contributed by atoms with Crippen LogP contribution in [0.4, 0.5) is 0 Å². The van der Waals surface area contributed by atoms with Gasteiger partial charge in [0.2, 0.25) is 0 Å². The third-order valence-corrected chi connectivity index (χ3v) is 4.14. The van der Waals surface area contributed by atoms with Gasteiger partial charge in [0.15, 0.2) is 0 Å². The van der Waals surface area contributed by atoms with Gasteiger partial charge in [-0.15, -0.1) is 0 Å². The van der Waals surface area contributed by atoms with Crippen molar-refractivity contribution in [2.75, 3.05) is 0 Å². The van der Waals surface area contributed by atoms with Gasteiger partial charge in [-0.1, -0.05) is 0 Å². The van der Waals surface area contributed by atoms with E-state index in [9.17, 15) is 5.11 Å². The highest BCUT2D eigenvalue weighted by molar-refractivity contribution is 5.24. The van der Waals surface area contributed by atoms with Crippen LogP contribution in [0.1, 0.15) is 42.5 Å². The maximum atomic E-state index is 9.97. The van der Waals surface area contributed by atoms with Crippen molar-refractivity contribution in [2.24, 2.45) is 0 Å². The number of aliphatic hydroxyl groups is 1. The summed E-state index contributed by atoms with van der Waals surface area (Å²) in [5.41, 5.74) is 1.18. The van der Waals surface area contributed by atoms with Crippen LogP contribution in [-0.2, 0) is 0 Å². The topological polar surface area (TPSA) is 63.2 Å². The molecule has 2 heterocycles. The van der Waals surface area contributed by atoms with Crippen molar-refractivity contribution in [3.8, 4) is 0 Å². The molecule has 108 valence electrons. The highest BCUT2D eigenvalue weighted by atomic mass is 16.3. The molecule has 1 aliphatic carbocycles. The first kappa shape index (κ1) is 13.4. The molecule has 2 aromatic heterocycles. The van der Waals surface area contributed by atoms with E-state index in [4.69, 9.17) is 4.42 Å². The summed E-state index contributed by atoms with van der Waals surface area (Å²) >= 11 is 0. The van der Waals surface area contributed by atoms with Crippen LogP contribution in [0.2, 0.25) is 0 Å². The fraction of sp³-hybridized carbons (Fsp3) is 0.533. The van der Waals surface area contributed by atoms with Gasteiger partial charge >= 0.3 is 0 Å². The molecule has 5 heteroatoms. The fourth-order valence-electron chi connectivity index (χ4n) is 3.09. The summed E-state index contributed by atoms with van der Waals surface area (Å²) in [7, 11) is 0. The summed E-state index contributed by atoms with van der Waals surface area (Å²) in [5, 5.41) is 17.8. The number of nitrogens with one attached hydrogen (secondary N) is 1. The van der Waals surface area contributed by atoms with E-state index in [1.807, 2.05) is 30.8 Å². The maximum Gasteiger partial charge on any atom is 0.105 e. The Balaban J connectivity index is 1.70. The van der Waals surface area contributed by atoms with Crippen LogP contribution in [0.15, 0.2) is 28.9 Å². The van der Waals surface area contributed by atoms with Gasteiger partial charge in [-0.25, -0.2) is 0 Å². The Labute approximate surface area is 118 Å². The van der Waals surface area contributed by atoms with Crippen LogP contribution in [0.3, 0.4) is 0 Å². The molecular weight excluding hydrogens is 254 g/mol. The summed E-state index contributed by atoms with van der Waals surface area (Å²) < 4.78 is 7.42. The molecule has 0 amide bonds. The maximum absolute atomic E-state index is 9.97. The largest absolute Gasteiger partial charge is 0.466 e. The molecule has 20 heavy (non-hydrogen) atoms. The normalized spacial score (nSPS) is 27.3. The van der Waals surface area contributed by atoms with Gasteiger partial charge in [-0.2, -0.15) is 5.10 Å². The Kier molecular flexibility index (Phi) is 3.40. The van der Waals surface area contributed by atoms with Crippen molar-refractivity contribution in [3.63, 3.8) is 0 Å². The van der Waals surface area contributed by atoms with Crippen molar-refractivity contribution in [1.29, 1.82) is 0 Å². The van der Waals surface area contributed by atoms with E-state index in [0.717, 1.165) is 17.9 Å². The number of hydrogen-bond donors (Lipinski definition) is 2. The average molecular weight is 275 g/mol. The number of rotatable bonds is 4. The van der Waals surface area contributed by atoms with Crippen molar-refractivity contribution < 1.29 is 9.52 Å². The van der Waals surface area contributed by atoms with Gasteiger partial charge < -0.3 is 14.8 Å². The van der Waals surface area contributed by atoms with Gasteiger partial charge in [0, 0.05) is 30.0 Å². The van der Waals surface area contributed by atoms with Crippen molar-refractivity contribution in [2.45, 2.75) is 51.4 Å². The summed E-state index contributed by atoms with van der Waals surface area (Å²) in [4.78, 5) is 0. The minimum absolute atomic E-state index is 0.0146. The molecule has 1 aliphatic rings. The molecule has 1 unspecified atom stereocenters. The second kappa shape index (κ2) is 5.07. The number of hydrogen-bond acceptors (Lipinski definition) is 4. The molecular formula is C15H21N3O2. The smallest absolute Gasteiger partial charge is 0.105 e. The van der Waals surface area contributed by atoms with Crippen molar-refractivity contribution in [3.05, 3.63) is 41.6 Å². The first-order valence-electron chi connectivity index (χ1n) is 7.06. The summed E-state index contributed by atoms with van der Waals surface area (Å²) in [6, 6.07) is 4.40. The lowest BCUT2D eigenvalue weighted by atomic mass is 9.82. The lowest BCUT2D eigenvalue weighted by molar-refractivity contribution is -0.0111. The average Bonchev–Trinajstić information content (AvgIpc) is 2.98. The van der Waals surface area contributed by atoms with Crippen molar-refractivity contribution >= 4 is 0 Å². The Morgan fingerprint density at radius 3 is 2.85 bits per heavy atom. The number of nitrogens with zero attached hydrogens (tertiary/aromatic N) is 2. The zero-order valence-corrected chi connectivity index (χ0v) is 12.1. The monoisotopic (exact) mass is 275 g/mol. The Bertz CT molecular complexity index is 576. The van der Waals surface area contributed by atoms with Crippen LogP contribution < -0.4 is 5.32 Å². The van der Waals surface area contributed by atoms with E-state index in [2.05, 4.69) is 23.4 Å². The second-order valence-electron chi connectivity index (χ2n) is 5.64. The fourth-order valence-corrected chi connectivity index (χ4v) is 3.09. The third kappa shape index (κ3) is 2.27. The summed E-state index contributed by atoms with van der Waals surface area (Å²) in [5.74, 6) is 1.89. The van der Waals surface area contributed by atoms with E-state index in [1.54, 1.807) is 6.20 Å². The zero-order chi connectivity index (χ0) is 14.3. The number of aryl methyl sites for hydroxylation is 2. The summed E-state index contributed by atoms with van der Waals surface area (Å²) in [6.45, 7) is 6.08. The van der Waals surface area contributed by atoms with E-state index in [-0.39, 0.29) is 24.2 Å². The van der Waals surface area contributed by atoms with Crippen LogP contribution in [0.25, 0.3) is 0 Å².